The summed E-state index contributed by atoms with van der Waals surface area (Å²) in [5.41, 5.74) is 6.55. The molecule has 3 aliphatic carbocycles. The standard InChI is InChI=1S/C38H49N5O5S/c1-5-39-23-18-24-14-15-25(19-23)43(24)38(45)28-13-9-12-27-33(28)31-20-29-32(48-4)17-16-26(22-10-7-6-8-11-22)36(29)42(31)21-30-34(27)35(30)37(44)40-49(46,47)41(2)3/h9,12,16-17,20,22-25,28,33,39H,5-8,10-11,13-15,18-19,21H2,1-4H3,(H,40,44)/t23?,24?,25?,28-,33?/m1/s1. The second-order valence-corrected chi connectivity index (χ2v) is 17.0. The van der Waals surface area contributed by atoms with E-state index in [4.69, 9.17) is 4.74 Å². The fourth-order valence-electron chi connectivity index (χ4n) is 9.95. The van der Waals surface area contributed by atoms with Crippen molar-refractivity contribution < 1.29 is 22.7 Å². The third-order valence-electron chi connectivity index (χ3n) is 12.2. The zero-order valence-electron chi connectivity index (χ0n) is 29.1. The van der Waals surface area contributed by atoms with E-state index in [1.807, 2.05) is 0 Å². The van der Waals surface area contributed by atoms with Gasteiger partial charge in [0, 0.05) is 55.8 Å². The van der Waals surface area contributed by atoms with Gasteiger partial charge in [0.15, 0.2) is 0 Å². The summed E-state index contributed by atoms with van der Waals surface area (Å²) in [7, 11) is 0.539. The Morgan fingerprint density at radius 3 is 2.45 bits per heavy atom. The Bertz CT molecular complexity index is 1900. The molecule has 1 saturated carbocycles. The third kappa shape index (κ3) is 5.38. The van der Waals surface area contributed by atoms with Crippen LogP contribution in [0.25, 0.3) is 10.9 Å². The van der Waals surface area contributed by atoms with E-state index in [0.717, 1.165) is 88.4 Å². The minimum atomic E-state index is -3.98. The van der Waals surface area contributed by atoms with Crippen LogP contribution in [0.15, 0.2) is 52.6 Å². The molecule has 8 rings (SSSR count). The Morgan fingerprint density at radius 1 is 1.04 bits per heavy atom. The van der Waals surface area contributed by atoms with Gasteiger partial charge < -0.3 is 19.5 Å². The van der Waals surface area contributed by atoms with E-state index in [9.17, 15) is 18.0 Å². The van der Waals surface area contributed by atoms with Gasteiger partial charge in [0.05, 0.1) is 24.1 Å². The number of carbonyl (C=O) groups excluding carboxylic acids is 2. The molecule has 3 unspecified atom stereocenters. The molecule has 2 bridgehead atoms. The summed E-state index contributed by atoms with van der Waals surface area (Å²) < 4.78 is 37.1. The van der Waals surface area contributed by atoms with Gasteiger partial charge >= 0.3 is 10.2 Å². The van der Waals surface area contributed by atoms with E-state index in [1.165, 1.54) is 38.9 Å². The normalized spacial score (nSPS) is 28.0. The fourth-order valence-corrected chi connectivity index (χ4v) is 10.5. The van der Waals surface area contributed by atoms with Gasteiger partial charge in [0.2, 0.25) is 5.91 Å². The summed E-state index contributed by atoms with van der Waals surface area (Å²) in [6.07, 6.45) is 14.8. The number of rotatable bonds is 8. The zero-order valence-corrected chi connectivity index (χ0v) is 29.9. The van der Waals surface area contributed by atoms with E-state index >= 15 is 0 Å². The number of fused-ring (bicyclic) bond motifs is 8. The zero-order chi connectivity index (χ0) is 34.2. The van der Waals surface area contributed by atoms with Crippen LogP contribution in [-0.4, -0.2) is 79.9 Å². The van der Waals surface area contributed by atoms with Crippen LogP contribution >= 0.6 is 0 Å². The molecule has 1 aromatic heterocycles. The van der Waals surface area contributed by atoms with E-state index in [1.54, 1.807) is 7.11 Å². The molecule has 2 N–H and O–H groups in total. The van der Waals surface area contributed by atoms with Crippen molar-refractivity contribution in [3.05, 3.63) is 63.9 Å². The first kappa shape index (κ1) is 32.8. The van der Waals surface area contributed by atoms with Gasteiger partial charge in [-0.15, -0.1) is 0 Å². The number of amides is 2. The van der Waals surface area contributed by atoms with Crippen molar-refractivity contribution in [1.82, 2.24) is 23.8 Å². The highest BCUT2D eigenvalue weighted by molar-refractivity contribution is 7.87. The fraction of sp³-hybridized carbons (Fsp3) is 0.579. The van der Waals surface area contributed by atoms with E-state index in [-0.39, 0.29) is 29.8 Å². The maximum atomic E-state index is 14.9. The summed E-state index contributed by atoms with van der Waals surface area (Å²) >= 11 is 0. The Morgan fingerprint density at radius 2 is 1.78 bits per heavy atom. The van der Waals surface area contributed by atoms with E-state index in [0.29, 0.717) is 30.5 Å². The van der Waals surface area contributed by atoms with Crippen LogP contribution in [0, 0.1) is 5.92 Å². The van der Waals surface area contributed by atoms with Crippen molar-refractivity contribution in [1.29, 1.82) is 0 Å². The molecule has 2 saturated heterocycles. The smallest absolute Gasteiger partial charge is 0.303 e. The molecule has 1 aromatic carbocycles. The van der Waals surface area contributed by atoms with Crippen LogP contribution < -0.4 is 14.8 Å². The predicted octanol–water partition coefficient (Wildman–Crippen LogP) is 5.03. The molecule has 6 aliphatic rings. The Labute approximate surface area is 289 Å². The van der Waals surface area contributed by atoms with Crippen LogP contribution in [0.4, 0.5) is 0 Å². The number of aromatic nitrogens is 1. The van der Waals surface area contributed by atoms with Crippen molar-refractivity contribution in [3.63, 3.8) is 0 Å². The molecule has 3 aliphatic heterocycles. The Kier molecular flexibility index (Phi) is 8.31. The number of hydrogen-bond donors (Lipinski definition) is 2. The average Bonchev–Trinajstić information content (AvgIpc) is 3.63. The molecule has 2 aromatic rings. The van der Waals surface area contributed by atoms with Gasteiger partial charge in [-0.1, -0.05) is 44.4 Å². The summed E-state index contributed by atoms with van der Waals surface area (Å²) in [6.45, 7) is 3.52. The van der Waals surface area contributed by atoms with Crippen LogP contribution in [0.1, 0.15) is 94.2 Å². The molecular weight excluding hydrogens is 639 g/mol. The lowest BCUT2D eigenvalue weighted by molar-refractivity contribution is -0.141. The first-order valence-corrected chi connectivity index (χ1v) is 19.7. The van der Waals surface area contributed by atoms with E-state index < -0.39 is 16.1 Å². The highest BCUT2D eigenvalue weighted by Crippen LogP contribution is 2.56. The quantitative estimate of drug-likeness (QED) is 0.403. The lowest BCUT2D eigenvalue weighted by Crippen LogP contribution is -2.53. The first-order chi connectivity index (χ1) is 23.6. The third-order valence-corrected chi connectivity index (χ3v) is 13.6. The molecule has 4 atom stereocenters. The molecule has 2 amide bonds. The number of benzene rings is 1. The number of nitrogens with one attached hydrogen (secondary N) is 2. The van der Waals surface area contributed by atoms with Crippen molar-refractivity contribution in [3.8, 4) is 5.75 Å². The summed E-state index contributed by atoms with van der Waals surface area (Å²) in [5, 5.41) is 4.68. The predicted molar refractivity (Wildman–Crippen MR) is 189 cm³/mol. The SMILES string of the molecule is CCNC1CC2CCC(C1)N2C(=O)[C@@H]1CC=CC2=C3C(=C3C(=O)NS(=O)(=O)N(C)C)Cn3c(cc4c(OC)ccc(C5CCCCC5)c43)C21. The van der Waals surface area contributed by atoms with Crippen molar-refractivity contribution in [2.45, 2.75) is 108 Å². The number of nitrogens with zero attached hydrogens (tertiary/aromatic N) is 3. The number of piperidine rings is 1. The number of allylic oxidation sites excluding steroid dienone is 4. The first-order valence-electron chi connectivity index (χ1n) is 18.3. The van der Waals surface area contributed by atoms with Gasteiger partial charge in [-0.3, -0.25) is 9.59 Å². The van der Waals surface area contributed by atoms with Gasteiger partial charge in [-0.05, 0) is 91.8 Å². The highest BCUT2D eigenvalue weighted by Gasteiger charge is 2.51. The van der Waals surface area contributed by atoms with Gasteiger partial charge in [-0.2, -0.15) is 12.7 Å². The molecule has 262 valence electrons. The minimum Gasteiger partial charge on any atom is -0.496 e. The van der Waals surface area contributed by atoms with Crippen molar-refractivity contribution >= 4 is 32.9 Å². The lowest BCUT2D eigenvalue weighted by Gasteiger charge is -2.42. The van der Waals surface area contributed by atoms with Crippen molar-refractivity contribution in [2.24, 2.45) is 5.92 Å². The molecule has 0 radical (unpaired) electrons. The number of carbonyl (C=O) groups is 2. The number of ether oxygens (including phenoxy) is 1. The van der Waals surface area contributed by atoms with Gasteiger partial charge in [0.1, 0.15) is 5.75 Å². The highest BCUT2D eigenvalue weighted by atomic mass is 32.2. The molecule has 10 nitrogen and oxygen atoms in total. The summed E-state index contributed by atoms with van der Waals surface area (Å²) in [6, 6.07) is 7.47. The second-order valence-electron chi connectivity index (χ2n) is 15.1. The molecule has 0 spiro atoms. The average molecular weight is 688 g/mol. The van der Waals surface area contributed by atoms with Crippen LogP contribution in [-0.2, 0) is 26.3 Å². The molecule has 11 heteroatoms. The van der Waals surface area contributed by atoms with Crippen LogP contribution in [0.2, 0.25) is 0 Å². The molecule has 4 heterocycles. The lowest BCUT2D eigenvalue weighted by atomic mass is 9.75. The maximum absolute atomic E-state index is 14.9. The largest absolute Gasteiger partial charge is 0.496 e. The van der Waals surface area contributed by atoms with E-state index in [2.05, 4.69) is 56.8 Å². The van der Waals surface area contributed by atoms with Gasteiger partial charge in [0.25, 0.3) is 5.91 Å². The summed E-state index contributed by atoms with van der Waals surface area (Å²) in [4.78, 5) is 30.9. The topological polar surface area (TPSA) is 113 Å². The van der Waals surface area contributed by atoms with Gasteiger partial charge in [-0.25, -0.2) is 4.72 Å². The molecular formula is C38H49N5O5S. The van der Waals surface area contributed by atoms with Crippen LogP contribution in [0.3, 0.4) is 0 Å². The van der Waals surface area contributed by atoms with Crippen molar-refractivity contribution in [2.75, 3.05) is 27.7 Å². The molecule has 3 fully saturated rings. The number of hydrogen-bond acceptors (Lipinski definition) is 6. The Balaban J connectivity index is 1.27. The monoisotopic (exact) mass is 687 g/mol. The Hall–Kier alpha value is -3.41. The van der Waals surface area contributed by atoms with Crippen LogP contribution in [0.5, 0.6) is 5.75 Å². The minimum absolute atomic E-state index is 0.205. The summed E-state index contributed by atoms with van der Waals surface area (Å²) in [5.74, 6) is 0.223. The maximum Gasteiger partial charge on any atom is 0.303 e. The molecule has 49 heavy (non-hydrogen) atoms. The second kappa shape index (κ2) is 12.4. The number of methoxy groups -OCH3 is 1.